The van der Waals surface area contributed by atoms with Crippen LogP contribution >= 0.6 is 11.3 Å². The van der Waals surface area contributed by atoms with E-state index in [2.05, 4.69) is 40.4 Å². The van der Waals surface area contributed by atoms with Crippen molar-refractivity contribution in [3.63, 3.8) is 0 Å². The minimum absolute atomic E-state index is 0.0795. The number of methoxy groups -OCH3 is 1. The first-order valence-corrected chi connectivity index (χ1v) is 12.9. The van der Waals surface area contributed by atoms with Crippen LogP contribution in [0.15, 0.2) is 42.6 Å². The summed E-state index contributed by atoms with van der Waals surface area (Å²) in [6, 6.07) is 12.3. The van der Waals surface area contributed by atoms with Crippen LogP contribution < -0.4 is 5.32 Å². The van der Waals surface area contributed by atoms with Crippen molar-refractivity contribution in [3.05, 3.63) is 69.7 Å². The van der Waals surface area contributed by atoms with Crippen LogP contribution in [0.2, 0.25) is 0 Å². The number of nitrogens with zero attached hydrogens (tertiary/aromatic N) is 1. The maximum atomic E-state index is 12.9. The minimum Gasteiger partial charge on any atom is -0.465 e. The highest BCUT2D eigenvalue weighted by Gasteiger charge is 2.27. The highest BCUT2D eigenvalue weighted by Crippen LogP contribution is 2.39. The van der Waals surface area contributed by atoms with Crippen LogP contribution in [0.5, 0.6) is 0 Å². The van der Waals surface area contributed by atoms with Gasteiger partial charge in [0.1, 0.15) is 5.00 Å². The molecule has 4 aromatic rings. The molecular formula is C28H29N3O3S. The maximum Gasteiger partial charge on any atom is 0.341 e. The largest absolute Gasteiger partial charge is 0.465 e. The molecule has 0 aliphatic heterocycles. The van der Waals surface area contributed by atoms with Gasteiger partial charge in [-0.05, 0) is 80.8 Å². The van der Waals surface area contributed by atoms with Gasteiger partial charge in [0.25, 0.3) is 0 Å². The number of fused-ring (bicyclic) bond motifs is 2. The van der Waals surface area contributed by atoms with Crippen LogP contribution in [-0.4, -0.2) is 29.0 Å². The molecule has 1 aromatic carbocycles. The van der Waals surface area contributed by atoms with E-state index in [1.54, 1.807) is 6.20 Å². The molecular weight excluding hydrogens is 458 g/mol. The summed E-state index contributed by atoms with van der Waals surface area (Å²) in [7, 11) is 1.39. The molecule has 0 atom stereocenters. The van der Waals surface area contributed by atoms with Crippen molar-refractivity contribution >= 4 is 39.1 Å². The zero-order valence-electron chi connectivity index (χ0n) is 20.1. The molecule has 35 heavy (non-hydrogen) atoms. The number of hydrogen-bond acceptors (Lipinski definition) is 5. The van der Waals surface area contributed by atoms with E-state index in [0.717, 1.165) is 54.6 Å². The Morgan fingerprint density at radius 1 is 1.17 bits per heavy atom. The van der Waals surface area contributed by atoms with Crippen molar-refractivity contribution in [2.75, 3.05) is 12.4 Å². The topological polar surface area (TPSA) is 84.1 Å². The fourth-order valence-electron chi connectivity index (χ4n) is 4.94. The quantitative estimate of drug-likeness (QED) is 0.303. The molecule has 1 aliphatic carbocycles. The zero-order chi connectivity index (χ0) is 24.4. The zero-order valence-corrected chi connectivity index (χ0v) is 20.9. The van der Waals surface area contributed by atoms with Gasteiger partial charge in [-0.1, -0.05) is 17.7 Å². The van der Waals surface area contributed by atoms with Crippen molar-refractivity contribution in [2.45, 2.75) is 51.9 Å². The lowest BCUT2D eigenvalue weighted by Crippen LogP contribution is -2.15. The molecule has 0 unspecified atom stereocenters. The summed E-state index contributed by atoms with van der Waals surface area (Å²) in [4.78, 5) is 34.6. The summed E-state index contributed by atoms with van der Waals surface area (Å²) in [6.07, 6.45) is 7.58. The second kappa shape index (κ2) is 10.0. The van der Waals surface area contributed by atoms with E-state index in [0.29, 0.717) is 23.4 Å². The van der Waals surface area contributed by atoms with Gasteiger partial charge < -0.3 is 15.0 Å². The lowest BCUT2D eigenvalue weighted by atomic mass is 9.95. The predicted octanol–water partition coefficient (Wildman–Crippen LogP) is 6.23. The molecule has 7 heteroatoms. The summed E-state index contributed by atoms with van der Waals surface area (Å²) in [5.74, 6) is -0.446. The van der Waals surface area contributed by atoms with Crippen LogP contribution in [0.3, 0.4) is 0 Å². The number of aromatic amines is 1. The fraction of sp³-hybridized carbons (Fsp3) is 0.321. The minimum atomic E-state index is -0.367. The number of aromatic nitrogens is 2. The van der Waals surface area contributed by atoms with Gasteiger partial charge in [0, 0.05) is 28.4 Å². The van der Waals surface area contributed by atoms with Crippen LogP contribution in [0, 0.1) is 6.92 Å². The number of esters is 1. The molecule has 6 nitrogen and oxygen atoms in total. The van der Waals surface area contributed by atoms with Crippen molar-refractivity contribution in [2.24, 2.45) is 0 Å². The van der Waals surface area contributed by atoms with Crippen LogP contribution in [-0.2, 0) is 28.8 Å². The first-order chi connectivity index (χ1) is 17.0. The van der Waals surface area contributed by atoms with Crippen molar-refractivity contribution < 1.29 is 14.3 Å². The fourth-order valence-corrected chi connectivity index (χ4v) is 6.23. The Morgan fingerprint density at radius 3 is 2.83 bits per heavy atom. The SMILES string of the molecule is COC(=O)c1c(NC(=O)CCCc2c(-c3ccccn3)[nH]c3ccc(C)cc23)sc2c1CCCC2. The summed E-state index contributed by atoms with van der Waals surface area (Å²) in [5, 5.41) is 4.82. The Bertz CT molecular complexity index is 1390. The molecule has 0 fully saturated rings. The Balaban J connectivity index is 1.33. The van der Waals surface area contributed by atoms with E-state index in [4.69, 9.17) is 4.74 Å². The summed E-state index contributed by atoms with van der Waals surface area (Å²) < 4.78 is 5.03. The summed E-state index contributed by atoms with van der Waals surface area (Å²) in [5.41, 5.74) is 6.94. The number of hydrogen-bond donors (Lipinski definition) is 2. The average Bonchev–Trinajstić information content (AvgIpc) is 3.42. The number of nitrogens with one attached hydrogen (secondary N) is 2. The van der Waals surface area contributed by atoms with E-state index >= 15 is 0 Å². The number of H-pyrrole nitrogens is 1. The molecule has 0 saturated heterocycles. The molecule has 0 radical (unpaired) electrons. The third-order valence-electron chi connectivity index (χ3n) is 6.63. The molecule has 2 N–H and O–H groups in total. The molecule has 0 spiro atoms. The van der Waals surface area contributed by atoms with Gasteiger partial charge in [-0.25, -0.2) is 4.79 Å². The van der Waals surface area contributed by atoms with Gasteiger partial charge in [-0.3, -0.25) is 9.78 Å². The Hall–Kier alpha value is -3.45. The van der Waals surface area contributed by atoms with E-state index in [-0.39, 0.29) is 11.9 Å². The first-order valence-electron chi connectivity index (χ1n) is 12.1. The van der Waals surface area contributed by atoms with Gasteiger partial charge in [-0.15, -0.1) is 11.3 Å². The molecule has 3 heterocycles. The number of ether oxygens (including phenoxy) is 1. The number of anilines is 1. The predicted molar refractivity (Wildman–Crippen MR) is 140 cm³/mol. The highest BCUT2D eigenvalue weighted by atomic mass is 32.1. The van der Waals surface area contributed by atoms with Gasteiger partial charge in [-0.2, -0.15) is 0 Å². The van der Waals surface area contributed by atoms with E-state index in [9.17, 15) is 9.59 Å². The second-order valence-electron chi connectivity index (χ2n) is 9.05. The number of benzene rings is 1. The second-order valence-corrected chi connectivity index (χ2v) is 10.2. The average molecular weight is 488 g/mol. The number of amides is 1. The molecule has 180 valence electrons. The number of carbonyl (C=O) groups excluding carboxylic acids is 2. The lowest BCUT2D eigenvalue weighted by Gasteiger charge is -2.11. The van der Waals surface area contributed by atoms with Gasteiger partial charge in [0.05, 0.1) is 24.1 Å². The number of thiophene rings is 1. The molecule has 5 rings (SSSR count). The van der Waals surface area contributed by atoms with Crippen molar-refractivity contribution in [1.82, 2.24) is 9.97 Å². The number of rotatable bonds is 7. The molecule has 3 aromatic heterocycles. The van der Waals surface area contributed by atoms with E-state index in [1.165, 1.54) is 39.8 Å². The molecule has 0 bridgehead atoms. The summed E-state index contributed by atoms with van der Waals surface area (Å²) >= 11 is 1.52. The summed E-state index contributed by atoms with van der Waals surface area (Å²) in [6.45, 7) is 2.09. The molecule has 1 aliphatic rings. The van der Waals surface area contributed by atoms with Crippen LogP contribution in [0.1, 0.15) is 57.6 Å². The number of pyridine rings is 1. The van der Waals surface area contributed by atoms with Crippen LogP contribution in [0.25, 0.3) is 22.3 Å². The third-order valence-corrected chi connectivity index (χ3v) is 7.83. The van der Waals surface area contributed by atoms with Gasteiger partial charge in [0.2, 0.25) is 5.91 Å². The molecule has 0 saturated carbocycles. The molecule has 1 amide bonds. The maximum absolute atomic E-state index is 12.9. The third kappa shape index (κ3) is 4.73. The smallest absolute Gasteiger partial charge is 0.341 e. The van der Waals surface area contributed by atoms with Crippen LogP contribution in [0.4, 0.5) is 5.00 Å². The number of aryl methyl sites for hydroxylation is 3. The monoisotopic (exact) mass is 487 g/mol. The Morgan fingerprint density at radius 2 is 2.03 bits per heavy atom. The van der Waals surface area contributed by atoms with Crippen molar-refractivity contribution in [1.29, 1.82) is 0 Å². The Kier molecular flexibility index (Phi) is 6.68. The first kappa shape index (κ1) is 23.3. The van der Waals surface area contributed by atoms with Crippen molar-refractivity contribution in [3.8, 4) is 11.4 Å². The Labute approximate surface area is 208 Å². The number of carbonyl (C=O) groups is 2. The van der Waals surface area contributed by atoms with Gasteiger partial charge in [0.15, 0.2) is 0 Å². The van der Waals surface area contributed by atoms with E-state index < -0.39 is 0 Å². The normalized spacial score (nSPS) is 13.0. The highest BCUT2D eigenvalue weighted by molar-refractivity contribution is 7.17. The lowest BCUT2D eigenvalue weighted by molar-refractivity contribution is -0.116. The van der Waals surface area contributed by atoms with Gasteiger partial charge >= 0.3 is 5.97 Å². The standard InChI is InChI=1S/C28H29N3O3S/c1-17-13-14-21-20(16-17)18(26(30-21)22-10-5-6-15-29-22)9-7-12-24(32)31-27-25(28(33)34-2)19-8-3-4-11-23(19)35-27/h5-6,10,13-16,30H,3-4,7-9,11-12H2,1-2H3,(H,31,32). The van der Waals surface area contributed by atoms with E-state index in [1.807, 2.05) is 18.2 Å².